The fourth-order valence-electron chi connectivity index (χ4n) is 1.83. The molecule has 0 aliphatic rings. The molecule has 7 heteroatoms. The van der Waals surface area contributed by atoms with Gasteiger partial charge < -0.3 is 0 Å². The van der Waals surface area contributed by atoms with E-state index in [1.54, 1.807) is 30.9 Å². The van der Waals surface area contributed by atoms with Crippen LogP contribution in [0.15, 0.2) is 48.1 Å². The number of hydrogen-bond acceptors (Lipinski definition) is 5. The highest BCUT2D eigenvalue weighted by atomic mass is 32.1. The third-order valence-electron chi connectivity index (χ3n) is 2.97. The third kappa shape index (κ3) is 2.84. The number of thiazole rings is 1. The van der Waals surface area contributed by atoms with Crippen LogP contribution in [-0.2, 0) is 0 Å². The molecule has 3 aromatic rings. The first-order valence-electron chi connectivity index (χ1n) is 6.41. The highest BCUT2D eigenvalue weighted by Gasteiger charge is 2.17. The maximum Gasteiger partial charge on any atom is 0.259 e. The molecule has 2 aromatic heterocycles. The molecule has 0 spiro atoms. The molecule has 5 nitrogen and oxygen atoms in total. The van der Waals surface area contributed by atoms with E-state index in [0.29, 0.717) is 22.2 Å². The smallest absolute Gasteiger partial charge is 0.259 e. The minimum atomic E-state index is -0.378. The summed E-state index contributed by atoms with van der Waals surface area (Å²) in [6, 6.07) is 7.13. The van der Waals surface area contributed by atoms with Crippen molar-refractivity contribution in [3.8, 4) is 11.5 Å². The van der Waals surface area contributed by atoms with E-state index in [4.69, 9.17) is 0 Å². The third-order valence-corrected chi connectivity index (χ3v) is 3.89. The molecule has 0 atom stereocenters. The summed E-state index contributed by atoms with van der Waals surface area (Å²) in [5, 5.41) is 2.32. The zero-order chi connectivity index (χ0) is 15.5. The molecule has 0 unspecified atom stereocenters. The Morgan fingerprint density at radius 3 is 2.55 bits per heavy atom. The van der Waals surface area contributed by atoms with Gasteiger partial charge in [0.15, 0.2) is 11.0 Å². The van der Waals surface area contributed by atoms with Gasteiger partial charge >= 0.3 is 0 Å². The molecule has 3 rings (SSSR count). The molecule has 1 amide bonds. The Morgan fingerprint density at radius 2 is 1.86 bits per heavy atom. The van der Waals surface area contributed by atoms with Gasteiger partial charge in [0.1, 0.15) is 11.5 Å². The standard InChI is InChI=1S/C15H11FN4OS/c1-20(14(21)10-3-5-11(16)6-4-10)15-19-12(9-22-15)13-17-7-2-8-18-13/h2-9H,1H3. The fraction of sp³-hybridized carbons (Fsp3) is 0.0667. The summed E-state index contributed by atoms with van der Waals surface area (Å²) in [4.78, 5) is 26.4. The van der Waals surface area contributed by atoms with Gasteiger partial charge in [-0.3, -0.25) is 9.69 Å². The Bertz CT molecular complexity index is 789. The van der Waals surface area contributed by atoms with Crippen LogP contribution in [-0.4, -0.2) is 27.9 Å². The Balaban J connectivity index is 1.83. The number of carbonyl (C=O) groups excluding carboxylic acids is 1. The molecule has 0 bridgehead atoms. The van der Waals surface area contributed by atoms with Gasteiger partial charge in [-0.05, 0) is 30.3 Å². The maximum atomic E-state index is 12.9. The monoisotopic (exact) mass is 314 g/mol. The number of carbonyl (C=O) groups is 1. The number of amides is 1. The molecule has 0 fully saturated rings. The number of rotatable bonds is 3. The lowest BCUT2D eigenvalue weighted by atomic mass is 10.2. The largest absolute Gasteiger partial charge is 0.287 e. The van der Waals surface area contributed by atoms with Gasteiger partial charge in [0, 0.05) is 30.4 Å². The molecule has 2 heterocycles. The van der Waals surface area contributed by atoms with E-state index < -0.39 is 0 Å². The predicted molar refractivity (Wildman–Crippen MR) is 82.3 cm³/mol. The molecule has 0 N–H and O–H groups in total. The second-order valence-corrected chi connectivity index (χ2v) is 5.30. The van der Waals surface area contributed by atoms with Crippen LogP contribution < -0.4 is 4.90 Å². The number of halogens is 1. The molecule has 1 aromatic carbocycles. The van der Waals surface area contributed by atoms with Crippen LogP contribution in [0.2, 0.25) is 0 Å². The lowest BCUT2D eigenvalue weighted by molar-refractivity contribution is 0.0993. The van der Waals surface area contributed by atoms with Gasteiger partial charge in [-0.2, -0.15) is 0 Å². The van der Waals surface area contributed by atoms with E-state index >= 15 is 0 Å². The number of anilines is 1. The Hall–Kier alpha value is -2.67. The van der Waals surface area contributed by atoms with Gasteiger partial charge in [-0.25, -0.2) is 19.3 Å². The van der Waals surface area contributed by atoms with E-state index in [9.17, 15) is 9.18 Å². The number of nitrogens with zero attached hydrogens (tertiary/aromatic N) is 4. The van der Waals surface area contributed by atoms with Crippen LogP contribution in [0, 0.1) is 5.82 Å². The van der Waals surface area contributed by atoms with Crippen molar-refractivity contribution in [3.05, 3.63) is 59.5 Å². The van der Waals surface area contributed by atoms with Crippen LogP contribution in [0.5, 0.6) is 0 Å². The minimum Gasteiger partial charge on any atom is -0.287 e. The van der Waals surface area contributed by atoms with Gasteiger partial charge in [0.05, 0.1) is 0 Å². The Labute approximate surface area is 130 Å². The normalized spacial score (nSPS) is 10.5. The SMILES string of the molecule is CN(C(=O)c1ccc(F)cc1)c1nc(-c2ncccn2)cs1. The summed E-state index contributed by atoms with van der Waals surface area (Å²) in [6.07, 6.45) is 3.27. The van der Waals surface area contributed by atoms with Crippen LogP contribution in [0.25, 0.3) is 11.5 Å². The summed E-state index contributed by atoms with van der Waals surface area (Å²) in [5.74, 6) is -0.125. The molecule has 0 saturated carbocycles. The number of hydrogen-bond donors (Lipinski definition) is 0. The van der Waals surface area contributed by atoms with Crippen LogP contribution in [0.3, 0.4) is 0 Å². The van der Waals surface area contributed by atoms with Crippen molar-refractivity contribution >= 4 is 22.4 Å². The van der Waals surface area contributed by atoms with E-state index in [1.165, 1.54) is 40.5 Å². The van der Waals surface area contributed by atoms with Gasteiger partial charge in [0.25, 0.3) is 5.91 Å². The molecule has 22 heavy (non-hydrogen) atoms. The zero-order valence-electron chi connectivity index (χ0n) is 11.6. The first-order chi connectivity index (χ1) is 10.6. The number of benzene rings is 1. The average Bonchev–Trinajstić information content (AvgIpc) is 3.05. The van der Waals surface area contributed by atoms with Gasteiger partial charge in [-0.15, -0.1) is 11.3 Å². The van der Waals surface area contributed by atoms with Crippen molar-refractivity contribution in [3.63, 3.8) is 0 Å². The average molecular weight is 314 g/mol. The molecule has 0 radical (unpaired) electrons. The summed E-state index contributed by atoms with van der Waals surface area (Å²) in [6.45, 7) is 0. The fourth-order valence-corrected chi connectivity index (χ4v) is 2.59. The molecule has 0 saturated heterocycles. The van der Waals surface area contributed by atoms with Crippen molar-refractivity contribution < 1.29 is 9.18 Å². The first kappa shape index (κ1) is 14.3. The lowest BCUT2D eigenvalue weighted by Crippen LogP contribution is -2.26. The van der Waals surface area contributed by atoms with Crippen LogP contribution in [0.4, 0.5) is 9.52 Å². The summed E-state index contributed by atoms with van der Waals surface area (Å²) in [5.41, 5.74) is 1.01. The van der Waals surface area contributed by atoms with Crippen molar-refractivity contribution in [2.75, 3.05) is 11.9 Å². The molecular formula is C15H11FN4OS. The van der Waals surface area contributed by atoms with Crippen LogP contribution >= 0.6 is 11.3 Å². The predicted octanol–water partition coefficient (Wildman–Crippen LogP) is 3.02. The lowest BCUT2D eigenvalue weighted by Gasteiger charge is -2.13. The highest BCUT2D eigenvalue weighted by molar-refractivity contribution is 7.14. The van der Waals surface area contributed by atoms with E-state index in [2.05, 4.69) is 15.0 Å². The quantitative estimate of drug-likeness (QED) is 0.745. The van der Waals surface area contributed by atoms with Gasteiger partial charge in [-0.1, -0.05) is 0 Å². The second-order valence-electron chi connectivity index (χ2n) is 4.46. The van der Waals surface area contributed by atoms with E-state index in [1.807, 2.05) is 0 Å². The van der Waals surface area contributed by atoms with Crippen molar-refractivity contribution in [1.82, 2.24) is 15.0 Å². The molecule has 0 aliphatic heterocycles. The van der Waals surface area contributed by atoms with E-state index in [-0.39, 0.29) is 11.7 Å². The van der Waals surface area contributed by atoms with Gasteiger partial charge in [0.2, 0.25) is 0 Å². The summed E-state index contributed by atoms with van der Waals surface area (Å²) in [7, 11) is 1.63. The topological polar surface area (TPSA) is 59.0 Å². The zero-order valence-corrected chi connectivity index (χ0v) is 12.4. The first-order valence-corrected chi connectivity index (χ1v) is 7.29. The van der Waals surface area contributed by atoms with Crippen molar-refractivity contribution in [2.24, 2.45) is 0 Å². The van der Waals surface area contributed by atoms with Crippen molar-refractivity contribution in [1.29, 1.82) is 0 Å². The Morgan fingerprint density at radius 1 is 1.18 bits per heavy atom. The maximum absolute atomic E-state index is 12.9. The summed E-state index contributed by atoms with van der Waals surface area (Å²) < 4.78 is 12.9. The number of aromatic nitrogens is 3. The van der Waals surface area contributed by atoms with E-state index in [0.717, 1.165) is 0 Å². The molecule has 0 aliphatic carbocycles. The minimum absolute atomic E-state index is 0.255. The summed E-state index contributed by atoms with van der Waals surface area (Å²) >= 11 is 1.32. The molecular weight excluding hydrogens is 303 g/mol. The highest BCUT2D eigenvalue weighted by Crippen LogP contribution is 2.25. The van der Waals surface area contributed by atoms with Crippen molar-refractivity contribution in [2.45, 2.75) is 0 Å². The Kier molecular flexibility index (Phi) is 3.88. The second kappa shape index (κ2) is 5.98. The van der Waals surface area contributed by atoms with Crippen LogP contribution in [0.1, 0.15) is 10.4 Å². The molecule has 110 valence electrons.